The van der Waals surface area contributed by atoms with Crippen LogP contribution in [0.5, 0.6) is 0 Å². The monoisotopic (exact) mass is 374 g/mol. The second kappa shape index (κ2) is 7.58. The highest BCUT2D eigenvalue weighted by Gasteiger charge is 2.20. The van der Waals surface area contributed by atoms with E-state index >= 15 is 0 Å². The zero-order valence-corrected chi connectivity index (χ0v) is 14.5. The molecule has 3 rings (SSSR count). The predicted octanol–water partition coefficient (Wildman–Crippen LogP) is 4.33. The minimum Gasteiger partial charge on any atom is -0.419 e. The summed E-state index contributed by atoms with van der Waals surface area (Å²) in [6.45, 7) is 3.51. The summed E-state index contributed by atoms with van der Waals surface area (Å²) in [5, 5.41) is 21.7. The van der Waals surface area contributed by atoms with Gasteiger partial charge in [-0.1, -0.05) is 6.07 Å². The molecule has 0 radical (unpaired) electrons. The van der Waals surface area contributed by atoms with E-state index in [4.69, 9.17) is 4.42 Å². The molecule has 0 aliphatic rings. The average molecular weight is 374 g/mol. The summed E-state index contributed by atoms with van der Waals surface area (Å²) in [6, 6.07) is 8.32. The first kappa shape index (κ1) is 18.6. The van der Waals surface area contributed by atoms with Crippen LogP contribution in [-0.4, -0.2) is 15.1 Å². The number of hydrogen-bond donors (Lipinski definition) is 1. The lowest BCUT2D eigenvalue weighted by molar-refractivity contribution is -0.384. The van der Waals surface area contributed by atoms with Crippen molar-refractivity contribution in [1.29, 1.82) is 0 Å². The van der Waals surface area contributed by atoms with Crippen LogP contribution in [0.25, 0.3) is 11.5 Å². The smallest absolute Gasteiger partial charge is 0.269 e. The Morgan fingerprint density at radius 1 is 1.07 bits per heavy atom. The van der Waals surface area contributed by atoms with E-state index in [2.05, 4.69) is 15.5 Å². The van der Waals surface area contributed by atoms with Crippen molar-refractivity contribution in [2.24, 2.45) is 0 Å². The van der Waals surface area contributed by atoms with Crippen LogP contribution < -0.4 is 5.32 Å². The first-order valence-corrected chi connectivity index (χ1v) is 8.14. The zero-order valence-electron chi connectivity index (χ0n) is 14.5. The fraction of sp³-hybridized carbons (Fsp3) is 0.222. The number of non-ortho nitro benzene ring substituents is 1. The molecule has 0 spiro atoms. The summed E-state index contributed by atoms with van der Waals surface area (Å²) in [5.74, 6) is -0.785. The summed E-state index contributed by atoms with van der Waals surface area (Å²) < 4.78 is 32.5. The first-order chi connectivity index (χ1) is 12.8. The van der Waals surface area contributed by atoms with E-state index in [1.54, 1.807) is 13.8 Å². The summed E-state index contributed by atoms with van der Waals surface area (Å²) >= 11 is 0. The number of aromatic nitrogens is 2. The highest BCUT2D eigenvalue weighted by Crippen LogP contribution is 2.25. The van der Waals surface area contributed by atoms with Crippen molar-refractivity contribution in [3.8, 4) is 11.5 Å². The minimum absolute atomic E-state index is 0.0383. The van der Waals surface area contributed by atoms with Crippen molar-refractivity contribution in [2.45, 2.75) is 25.9 Å². The standard InChI is InChI=1S/C18H16F2N4O3/c1-10(15-8-5-13(19)9-16(15)20)21-11(2)17-22-23-18(27-17)12-3-6-14(7-4-12)24(25)26/h3-11,21H,1-2H3/t10-,11+/m1/s1. The van der Waals surface area contributed by atoms with Crippen molar-refractivity contribution >= 4 is 5.69 Å². The summed E-state index contributed by atoms with van der Waals surface area (Å²) in [5.41, 5.74) is 0.825. The van der Waals surface area contributed by atoms with E-state index in [1.165, 1.54) is 36.4 Å². The molecular weight excluding hydrogens is 358 g/mol. The number of halogens is 2. The van der Waals surface area contributed by atoms with E-state index in [0.717, 1.165) is 6.07 Å². The topological polar surface area (TPSA) is 94.1 Å². The Balaban J connectivity index is 1.72. The second-order valence-corrected chi connectivity index (χ2v) is 6.03. The van der Waals surface area contributed by atoms with E-state index in [-0.39, 0.29) is 17.5 Å². The Morgan fingerprint density at radius 2 is 1.78 bits per heavy atom. The Morgan fingerprint density at radius 3 is 2.41 bits per heavy atom. The fourth-order valence-electron chi connectivity index (χ4n) is 2.64. The van der Waals surface area contributed by atoms with Crippen LogP contribution in [0.4, 0.5) is 14.5 Å². The molecule has 0 bridgehead atoms. The van der Waals surface area contributed by atoms with E-state index in [1.807, 2.05) is 0 Å². The normalized spacial score (nSPS) is 13.3. The van der Waals surface area contributed by atoms with Gasteiger partial charge in [-0.15, -0.1) is 10.2 Å². The average Bonchev–Trinajstić information content (AvgIpc) is 3.12. The number of nitro groups is 1. The number of rotatable bonds is 6. The van der Waals surface area contributed by atoms with Crippen LogP contribution in [0.1, 0.15) is 37.4 Å². The Bertz CT molecular complexity index is 959. The minimum atomic E-state index is -0.640. The molecule has 27 heavy (non-hydrogen) atoms. The lowest BCUT2D eigenvalue weighted by Crippen LogP contribution is -2.23. The van der Waals surface area contributed by atoms with Gasteiger partial charge >= 0.3 is 0 Å². The van der Waals surface area contributed by atoms with Gasteiger partial charge in [0, 0.05) is 35.4 Å². The lowest BCUT2D eigenvalue weighted by Gasteiger charge is -2.18. The van der Waals surface area contributed by atoms with Gasteiger partial charge < -0.3 is 4.42 Å². The third kappa shape index (κ3) is 4.14. The molecule has 2 atom stereocenters. The molecule has 0 unspecified atom stereocenters. The molecule has 7 nitrogen and oxygen atoms in total. The van der Waals surface area contributed by atoms with Gasteiger partial charge in [0.25, 0.3) is 5.69 Å². The largest absolute Gasteiger partial charge is 0.419 e. The maximum absolute atomic E-state index is 13.9. The molecule has 1 aromatic heterocycles. The maximum Gasteiger partial charge on any atom is 0.269 e. The van der Waals surface area contributed by atoms with Crippen molar-refractivity contribution in [2.75, 3.05) is 0 Å². The van der Waals surface area contributed by atoms with Crippen molar-refractivity contribution in [1.82, 2.24) is 15.5 Å². The second-order valence-electron chi connectivity index (χ2n) is 6.03. The van der Waals surface area contributed by atoms with Crippen LogP contribution in [0.2, 0.25) is 0 Å². The molecule has 0 aliphatic heterocycles. The third-order valence-electron chi connectivity index (χ3n) is 4.07. The van der Waals surface area contributed by atoms with Gasteiger partial charge in [0.2, 0.25) is 11.8 Å². The van der Waals surface area contributed by atoms with Crippen LogP contribution in [0.15, 0.2) is 46.9 Å². The van der Waals surface area contributed by atoms with Gasteiger partial charge in [0.15, 0.2) is 0 Å². The molecule has 0 aliphatic carbocycles. The highest BCUT2D eigenvalue weighted by molar-refractivity contribution is 5.55. The van der Waals surface area contributed by atoms with Gasteiger partial charge in [0.05, 0.1) is 11.0 Å². The number of nitrogens with one attached hydrogen (secondary N) is 1. The van der Waals surface area contributed by atoms with Crippen LogP contribution in [0.3, 0.4) is 0 Å². The van der Waals surface area contributed by atoms with Gasteiger partial charge in [0.1, 0.15) is 11.6 Å². The van der Waals surface area contributed by atoms with Crippen molar-refractivity contribution in [3.05, 3.63) is 75.7 Å². The first-order valence-electron chi connectivity index (χ1n) is 8.14. The summed E-state index contributed by atoms with van der Waals surface area (Å²) in [6.07, 6.45) is 0. The number of nitro benzene ring substituents is 1. The molecule has 3 aromatic rings. The molecule has 9 heteroatoms. The Kier molecular flexibility index (Phi) is 5.22. The molecule has 1 heterocycles. The third-order valence-corrected chi connectivity index (χ3v) is 4.07. The molecule has 140 valence electrons. The molecular formula is C18H16F2N4O3. The molecule has 1 N–H and O–H groups in total. The van der Waals surface area contributed by atoms with E-state index in [0.29, 0.717) is 11.1 Å². The molecule has 0 amide bonds. The Labute approximate surface area is 153 Å². The van der Waals surface area contributed by atoms with Crippen LogP contribution in [0, 0.1) is 21.7 Å². The molecule has 0 saturated heterocycles. The number of hydrogen-bond acceptors (Lipinski definition) is 6. The SMILES string of the molecule is C[C@H](N[C@H](C)c1ccc(F)cc1F)c1nnc(-c2ccc([N+](=O)[O-])cc2)o1. The lowest BCUT2D eigenvalue weighted by atomic mass is 10.1. The fourth-order valence-corrected chi connectivity index (χ4v) is 2.64. The molecule has 0 fully saturated rings. The Hall–Kier alpha value is -3.20. The van der Waals surface area contributed by atoms with Crippen LogP contribution in [-0.2, 0) is 0 Å². The molecule has 0 saturated carbocycles. The van der Waals surface area contributed by atoms with Gasteiger partial charge in [-0.05, 0) is 32.0 Å². The predicted molar refractivity (Wildman–Crippen MR) is 92.7 cm³/mol. The van der Waals surface area contributed by atoms with Gasteiger partial charge in [-0.3, -0.25) is 15.4 Å². The number of benzene rings is 2. The van der Waals surface area contributed by atoms with Crippen molar-refractivity contribution < 1.29 is 18.1 Å². The molecule has 2 aromatic carbocycles. The number of nitrogens with zero attached hydrogens (tertiary/aromatic N) is 3. The van der Waals surface area contributed by atoms with E-state index in [9.17, 15) is 18.9 Å². The van der Waals surface area contributed by atoms with Crippen molar-refractivity contribution in [3.63, 3.8) is 0 Å². The summed E-state index contributed by atoms with van der Waals surface area (Å²) in [4.78, 5) is 10.2. The van der Waals surface area contributed by atoms with E-state index < -0.39 is 28.6 Å². The van der Waals surface area contributed by atoms with Gasteiger partial charge in [-0.25, -0.2) is 8.78 Å². The maximum atomic E-state index is 13.9. The van der Waals surface area contributed by atoms with Crippen LogP contribution >= 0.6 is 0 Å². The quantitative estimate of drug-likeness (QED) is 0.510. The van der Waals surface area contributed by atoms with Gasteiger partial charge in [-0.2, -0.15) is 0 Å². The summed E-state index contributed by atoms with van der Waals surface area (Å²) in [7, 11) is 0. The highest BCUT2D eigenvalue weighted by atomic mass is 19.1. The zero-order chi connectivity index (χ0) is 19.6.